The Morgan fingerprint density at radius 3 is 0.625 bits per heavy atom. The van der Waals surface area contributed by atoms with Crippen LogP contribution in [0.4, 0.5) is 0 Å². The maximum atomic E-state index is 10.6. The molecule has 0 spiro atoms. The number of carbonyl (C=O) groups is 2. The molecular formula is C51H43O3S2+. The van der Waals surface area contributed by atoms with Crippen LogP contribution in [0.5, 0.6) is 0 Å². The number of hydrogen-bond donors (Lipinski definition) is 0. The standard InChI is InChI=1S/2C18H15S.C8H8O.C7H6O2/c2*1-4-10-16(11-5-1)19(17-12-6-2-7-13-17)18-14-8-3-9-15-18;1-7(9)8-5-3-2-4-6-8;8-7(9)6-4-2-1-3-5-6/h2*1-15H;2-6H,1H3;1-5H,(H,8,9)/q2*+1;;/p-1. The minimum absolute atomic E-state index is 0.0146. The first kappa shape index (κ1) is 40.8. The molecule has 0 N–H and O–H groups in total. The molecule has 0 atom stereocenters. The predicted octanol–water partition coefficient (Wildman–Crippen LogP) is 11.5. The summed E-state index contributed by atoms with van der Waals surface area (Å²) < 4.78 is 0. The number of rotatable bonds is 8. The van der Waals surface area contributed by atoms with Gasteiger partial charge in [-0.3, -0.25) is 4.79 Å². The molecule has 0 saturated carbocycles. The van der Waals surface area contributed by atoms with Gasteiger partial charge in [0.1, 0.15) is 0 Å². The summed E-state index contributed by atoms with van der Waals surface area (Å²) in [7, 11) is -0.0293. The molecule has 0 fully saturated rings. The van der Waals surface area contributed by atoms with Gasteiger partial charge in [0.2, 0.25) is 0 Å². The van der Waals surface area contributed by atoms with Crippen LogP contribution in [0.2, 0.25) is 0 Å². The minimum Gasteiger partial charge on any atom is -0.545 e. The molecule has 5 heteroatoms. The maximum absolute atomic E-state index is 10.6. The van der Waals surface area contributed by atoms with Crippen LogP contribution in [-0.2, 0) is 21.8 Å². The topological polar surface area (TPSA) is 57.2 Å². The Morgan fingerprint density at radius 2 is 0.482 bits per heavy atom. The van der Waals surface area contributed by atoms with Gasteiger partial charge in [-0.25, -0.2) is 0 Å². The third-order valence-corrected chi connectivity index (χ3v) is 12.5. The molecule has 56 heavy (non-hydrogen) atoms. The second-order valence-corrected chi connectivity index (χ2v) is 16.1. The number of carboxylic acids is 1. The smallest absolute Gasteiger partial charge is 0.166 e. The lowest BCUT2D eigenvalue weighted by molar-refractivity contribution is -0.255. The molecule has 0 unspecified atom stereocenters. The van der Waals surface area contributed by atoms with Crippen molar-refractivity contribution in [3.8, 4) is 0 Å². The van der Waals surface area contributed by atoms with Crippen molar-refractivity contribution < 1.29 is 14.7 Å². The number of carbonyl (C=O) groups excluding carboxylic acids is 2. The van der Waals surface area contributed by atoms with E-state index in [1.165, 1.54) is 41.5 Å². The molecule has 8 aromatic rings. The zero-order valence-electron chi connectivity index (χ0n) is 31.1. The van der Waals surface area contributed by atoms with E-state index in [4.69, 9.17) is 0 Å². The number of hydrogen-bond acceptors (Lipinski definition) is 3. The fraction of sp³-hybridized carbons (Fsp3) is 0.0196. The summed E-state index contributed by atoms with van der Waals surface area (Å²) >= 11 is 0. The SMILES string of the molecule is CC(=O)c1ccccc1.O=C([O-])c1ccccc1.c1ccc([S+](c2ccccc2)c2ccccc2)cc1.c1ccc([S+](c2ccccc2)c2ccccc2)cc1. The Labute approximate surface area is 336 Å². The lowest BCUT2D eigenvalue weighted by Crippen LogP contribution is -2.21. The molecule has 0 aliphatic heterocycles. The zero-order chi connectivity index (χ0) is 39.2. The van der Waals surface area contributed by atoms with E-state index in [2.05, 4.69) is 182 Å². The van der Waals surface area contributed by atoms with Crippen LogP contribution in [0.15, 0.2) is 272 Å². The van der Waals surface area contributed by atoms with Gasteiger partial charge < -0.3 is 9.90 Å². The number of ketones is 1. The van der Waals surface area contributed by atoms with E-state index >= 15 is 0 Å². The van der Waals surface area contributed by atoms with E-state index < -0.39 is 5.97 Å². The summed E-state index contributed by atoms with van der Waals surface area (Å²) in [5, 5.41) is 10.1. The third-order valence-electron chi connectivity index (χ3n) is 8.06. The number of carboxylic acid groups (broad SMARTS) is 1. The molecular weight excluding hydrogens is 725 g/mol. The molecule has 276 valence electrons. The van der Waals surface area contributed by atoms with Gasteiger partial charge in [0.15, 0.2) is 35.2 Å². The van der Waals surface area contributed by atoms with Gasteiger partial charge in [-0.2, -0.15) is 0 Å². The van der Waals surface area contributed by atoms with Crippen molar-refractivity contribution >= 4 is 33.5 Å². The highest BCUT2D eigenvalue weighted by atomic mass is 32.2. The average Bonchev–Trinajstić information content (AvgIpc) is 3.27. The highest BCUT2D eigenvalue weighted by Gasteiger charge is 2.28. The summed E-state index contributed by atoms with van der Waals surface area (Å²) in [6.07, 6.45) is 0. The van der Waals surface area contributed by atoms with Crippen molar-refractivity contribution in [3.05, 3.63) is 254 Å². The zero-order valence-corrected chi connectivity index (χ0v) is 32.8. The lowest BCUT2D eigenvalue weighted by Gasteiger charge is -2.07. The van der Waals surface area contributed by atoms with Crippen LogP contribution in [0.1, 0.15) is 27.6 Å². The van der Waals surface area contributed by atoms with E-state index in [-0.39, 0.29) is 33.1 Å². The van der Waals surface area contributed by atoms with Gasteiger partial charge in [0, 0.05) is 5.56 Å². The normalized spacial score (nSPS) is 10.1. The summed E-state index contributed by atoms with van der Waals surface area (Å²) in [5.41, 5.74) is 0.995. The Hall–Kier alpha value is -6.40. The Kier molecular flexibility index (Phi) is 16.6. The Bertz CT molecular complexity index is 1920. The first-order valence-electron chi connectivity index (χ1n) is 18.1. The summed E-state index contributed by atoms with van der Waals surface area (Å²) in [6, 6.07) is 81.6. The van der Waals surface area contributed by atoms with Crippen molar-refractivity contribution in [2.75, 3.05) is 0 Å². The lowest BCUT2D eigenvalue weighted by atomic mass is 10.2. The van der Waals surface area contributed by atoms with Crippen molar-refractivity contribution in [2.24, 2.45) is 0 Å². The molecule has 0 aliphatic rings. The number of benzene rings is 8. The minimum atomic E-state index is -1.13. The molecule has 3 nitrogen and oxygen atoms in total. The quantitative estimate of drug-likeness (QED) is 0.114. The van der Waals surface area contributed by atoms with Crippen molar-refractivity contribution in [1.82, 2.24) is 0 Å². The first-order chi connectivity index (χ1) is 27.5. The molecule has 0 aliphatic carbocycles. The first-order valence-corrected chi connectivity index (χ1v) is 20.6. The predicted molar refractivity (Wildman–Crippen MR) is 230 cm³/mol. The van der Waals surface area contributed by atoms with Gasteiger partial charge in [0.05, 0.1) is 27.8 Å². The second kappa shape index (κ2) is 22.7. The summed E-state index contributed by atoms with van der Waals surface area (Å²) in [5.74, 6) is -1.01. The van der Waals surface area contributed by atoms with Crippen LogP contribution < -0.4 is 5.11 Å². The summed E-state index contributed by atoms with van der Waals surface area (Å²) in [6.45, 7) is 1.56. The molecule has 0 bridgehead atoms. The molecule has 0 amide bonds. The van der Waals surface area contributed by atoms with Crippen LogP contribution in [-0.4, -0.2) is 11.8 Å². The van der Waals surface area contributed by atoms with Gasteiger partial charge in [-0.15, -0.1) is 0 Å². The Morgan fingerprint density at radius 1 is 0.304 bits per heavy atom. The fourth-order valence-corrected chi connectivity index (χ4v) is 9.61. The number of Topliss-reactive ketones (excluding diaryl/α,β-unsaturated/α-hetero) is 1. The van der Waals surface area contributed by atoms with Gasteiger partial charge in [-0.1, -0.05) is 170 Å². The van der Waals surface area contributed by atoms with E-state index in [1.807, 2.05) is 30.3 Å². The largest absolute Gasteiger partial charge is 0.545 e. The average molecular weight is 768 g/mol. The Balaban J connectivity index is 0.000000152. The van der Waals surface area contributed by atoms with Crippen molar-refractivity contribution in [2.45, 2.75) is 36.3 Å². The molecule has 8 aromatic carbocycles. The van der Waals surface area contributed by atoms with Crippen LogP contribution >= 0.6 is 0 Å². The van der Waals surface area contributed by atoms with E-state index in [0.717, 1.165) is 5.56 Å². The van der Waals surface area contributed by atoms with Crippen molar-refractivity contribution in [3.63, 3.8) is 0 Å². The van der Waals surface area contributed by atoms with Crippen LogP contribution in [0.3, 0.4) is 0 Å². The molecule has 8 rings (SSSR count). The molecule has 0 aromatic heterocycles. The third kappa shape index (κ3) is 12.9. The second-order valence-electron chi connectivity index (χ2n) is 12.1. The molecule has 0 saturated heterocycles. The molecule has 0 radical (unpaired) electrons. The van der Waals surface area contributed by atoms with E-state index in [1.54, 1.807) is 25.1 Å². The fourth-order valence-electron chi connectivity index (χ4n) is 5.40. The maximum Gasteiger partial charge on any atom is 0.166 e. The van der Waals surface area contributed by atoms with Crippen molar-refractivity contribution in [1.29, 1.82) is 0 Å². The van der Waals surface area contributed by atoms with Gasteiger partial charge in [-0.05, 0) is 85.3 Å². The van der Waals surface area contributed by atoms with Gasteiger partial charge in [0.25, 0.3) is 0 Å². The highest BCUT2D eigenvalue weighted by Crippen LogP contribution is 2.31. The monoisotopic (exact) mass is 767 g/mol. The highest BCUT2D eigenvalue weighted by molar-refractivity contribution is 7.97. The summed E-state index contributed by atoms with van der Waals surface area (Å²) in [4.78, 5) is 28.9. The van der Waals surface area contributed by atoms with Crippen LogP contribution in [0.25, 0.3) is 0 Å². The van der Waals surface area contributed by atoms with Gasteiger partial charge >= 0.3 is 0 Å². The van der Waals surface area contributed by atoms with E-state index in [0.29, 0.717) is 0 Å². The molecule has 0 heterocycles. The van der Waals surface area contributed by atoms with E-state index in [9.17, 15) is 14.7 Å². The van der Waals surface area contributed by atoms with Crippen LogP contribution in [0, 0.1) is 0 Å². The number of aromatic carboxylic acids is 1.